The van der Waals surface area contributed by atoms with E-state index in [1.807, 2.05) is 0 Å². The maximum Gasteiger partial charge on any atom is 0.183 e. The Balaban J connectivity index is 2.09. The monoisotopic (exact) mass is 302 g/mol. The molecule has 1 fully saturated rings. The van der Waals surface area contributed by atoms with Crippen LogP contribution in [0.1, 0.15) is 38.2 Å². The second-order valence-corrected chi connectivity index (χ2v) is 6.07. The first kappa shape index (κ1) is 15.0. The molecule has 1 saturated heterocycles. The molecule has 0 radical (unpaired) electrons. The Morgan fingerprint density at radius 3 is 2.86 bits per heavy atom. The number of rotatable bonds is 2. The van der Waals surface area contributed by atoms with E-state index in [9.17, 15) is 5.26 Å². The highest BCUT2D eigenvalue weighted by Gasteiger charge is 2.38. The average Bonchev–Trinajstić information content (AvgIpc) is 2.75. The molecule has 6 heteroatoms. The number of hydrogen-bond acceptors (Lipinski definition) is 6. The molecule has 0 spiro atoms. The van der Waals surface area contributed by atoms with Gasteiger partial charge >= 0.3 is 0 Å². The molecule has 22 heavy (non-hydrogen) atoms. The van der Waals surface area contributed by atoms with Crippen LogP contribution in [0.4, 0.5) is 5.82 Å². The van der Waals surface area contributed by atoms with Crippen molar-refractivity contribution in [2.24, 2.45) is 5.92 Å². The number of anilines is 1. The summed E-state index contributed by atoms with van der Waals surface area (Å²) in [5.41, 5.74) is 0.957. The van der Waals surface area contributed by atoms with Crippen LogP contribution in [0.5, 0.6) is 5.75 Å². The molecule has 0 aliphatic carbocycles. The van der Waals surface area contributed by atoms with E-state index in [-0.39, 0.29) is 17.9 Å². The van der Waals surface area contributed by atoms with E-state index in [0.717, 1.165) is 36.1 Å². The standard InChI is InChI=1S/C16H22N4O2/c1-4-13-18-14(10(2)3)15-16(19-13)20-5-6-21-8-11(7-17)12(20)9-22-15/h10-12H,4-6,8-9H2,1-3H3. The lowest BCUT2D eigenvalue weighted by Crippen LogP contribution is -2.48. The van der Waals surface area contributed by atoms with Gasteiger partial charge in [-0.2, -0.15) is 5.26 Å². The van der Waals surface area contributed by atoms with Gasteiger partial charge in [0.25, 0.3) is 0 Å². The molecule has 0 saturated carbocycles. The quantitative estimate of drug-likeness (QED) is 0.831. The highest BCUT2D eigenvalue weighted by Crippen LogP contribution is 2.39. The van der Waals surface area contributed by atoms with Crippen molar-refractivity contribution >= 4 is 5.82 Å². The molecule has 1 aromatic heterocycles. The predicted octanol–water partition coefficient (Wildman–Crippen LogP) is 1.90. The zero-order chi connectivity index (χ0) is 15.7. The number of fused-ring (bicyclic) bond motifs is 3. The SMILES string of the molecule is CCc1nc(C(C)C)c2c(n1)N1CCOCC(C#N)C1CO2. The minimum absolute atomic E-state index is 0.000353. The summed E-state index contributed by atoms with van der Waals surface area (Å²) in [6, 6.07) is 2.35. The van der Waals surface area contributed by atoms with Crippen LogP contribution in [0.25, 0.3) is 0 Å². The fourth-order valence-corrected chi connectivity index (χ4v) is 3.01. The Morgan fingerprint density at radius 2 is 2.18 bits per heavy atom. The first-order chi connectivity index (χ1) is 10.7. The minimum Gasteiger partial charge on any atom is -0.486 e. The van der Waals surface area contributed by atoms with E-state index in [0.29, 0.717) is 19.8 Å². The lowest BCUT2D eigenvalue weighted by molar-refractivity contribution is 0.127. The van der Waals surface area contributed by atoms with Gasteiger partial charge in [-0.05, 0) is 5.92 Å². The van der Waals surface area contributed by atoms with Crippen molar-refractivity contribution in [1.29, 1.82) is 5.26 Å². The van der Waals surface area contributed by atoms with Crippen LogP contribution < -0.4 is 9.64 Å². The Morgan fingerprint density at radius 1 is 1.36 bits per heavy atom. The zero-order valence-corrected chi connectivity index (χ0v) is 13.4. The van der Waals surface area contributed by atoms with E-state index in [4.69, 9.17) is 14.5 Å². The first-order valence-corrected chi connectivity index (χ1v) is 7.93. The van der Waals surface area contributed by atoms with E-state index >= 15 is 0 Å². The van der Waals surface area contributed by atoms with Gasteiger partial charge in [-0.3, -0.25) is 0 Å². The zero-order valence-electron chi connectivity index (χ0n) is 13.4. The maximum absolute atomic E-state index is 9.40. The van der Waals surface area contributed by atoms with E-state index in [2.05, 4.69) is 36.7 Å². The summed E-state index contributed by atoms with van der Waals surface area (Å²) in [5, 5.41) is 9.40. The van der Waals surface area contributed by atoms with Gasteiger partial charge in [-0.1, -0.05) is 20.8 Å². The normalized spacial score (nSPS) is 24.0. The summed E-state index contributed by atoms with van der Waals surface area (Å²) >= 11 is 0. The number of nitriles is 1. The lowest BCUT2D eigenvalue weighted by atomic mass is 9.99. The third-order valence-corrected chi connectivity index (χ3v) is 4.26. The summed E-state index contributed by atoms with van der Waals surface area (Å²) in [4.78, 5) is 11.5. The van der Waals surface area contributed by atoms with E-state index < -0.39 is 0 Å². The second kappa shape index (κ2) is 6.09. The summed E-state index contributed by atoms with van der Waals surface area (Å²) in [6.45, 7) is 8.56. The lowest BCUT2D eigenvalue weighted by Gasteiger charge is -2.38. The van der Waals surface area contributed by atoms with Gasteiger partial charge in [0.2, 0.25) is 0 Å². The smallest absolute Gasteiger partial charge is 0.183 e. The highest BCUT2D eigenvalue weighted by molar-refractivity contribution is 5.58. The van der Waals surface area contributed by atoms with Crippen molar-refractivity contribution < 1.29 is 9.47 Å². The van der Waals surface area contributed by atoms with Crippen LogP contribution >= 0.6 is 0 Å². The third-order valence-electron chi connectivity index (χ3n) is 4.26. The molecule has 2 unspecified atom stereocenters. The molecule has 6 nitrogen and oxygen atoms in total. The van der Waals surface area contributed by atoms with E-state index in [1.54, 1.807) is 0 Å². The number of aryl methyl sites for hydroxylation is 1. The molecule has 0 N–H and O–H groups in total. The first-order valence-electron chi connectivity index (χ1n) is 7.93. The molecule has 2 aliphatic rings. The van der Waals surface area contributed by atoms with Crippen molar-refractivity contribution in [3.63, 3.8) is 0 Å². The molecular weight excluding hydrogens is 280 g/mol. The highest BCUT2D eigenvalue weighted by atomic mass is 16.5. The molecule has 3 heterocycles. The molecule has 0 amide bonds. The molecule has 2 atom stereocenters. The molecule has 1 aromatic rings. The second-order valence-electron chi connectivity index (χ2n) is 6.07. The van der Waals surface area contributed by atoms with Crippen LogP contribution in [0, 0.1) is 17.2 Å². The Bertz CT molecular complexity index is 597. The summed E-state index contributed by atoms with van der Waals surface area (Å²) in [6.07, 6.45) is 0.781. The number of ether oxygens (including phenoxy) is 2. The van der Waals surface area contributed by atoms with Crippen LogP contribution in [0.3, 0.4) is 0 Å². The summed E-state index contributed by atoms with van der Waals surface area (Å²) < 4.78 is 11.6. The molecule has 0 bridgehead atoms. The summed E-state index contributed by atoms with van der Waals surface area (Å²) in [7, 11) is 0. The van der Waals surface area contributed by atoms with Crippen molar-refractivity contribution in [2.75, 3.05) is 31.3 Å². The van der Waals surface area contributed by atoms with Gasteiger partial charge in [-0.25, -0.2) is 9.97 Å². The van der Waals surface area contributed by atoms with Crippen LogP contribution in [-0.4, -0.2) is 42.4 Å². The molecule has 118 valence electrons. The van der Waals surface area contributed by atoms with Crippen molar-refractivity contribution in [3.05, 3.63) is 11.5 Å². The van der Waals surface area contributed by atoms with Gasteiger partial charge in [-0.15, -0.1) is 0 Å². The molecule has 0 aromatic carbocycles. The van der Waals surface area contributed by atoms with Gasteiger partial charge in [0.15, 0.2) is 11.6 Å². The van der Waals surface area contributed by atoms with E-state index in [1.165, 1.54) is 0 Å². The Kier molecular flexibility index (Phi) is 4.16. The molecular formula is C16H22N4O2. The maximum atomic E-state index is 9.40. The predicted molar refractivity (Wildman–Crippen MR) is 82.1 cm³/mol. The topological polar surface area (TPSA) is 71.3 Å². The Labute approximate surface area is 131 Å². The fourth-order valence-electron chi connectivity index (χ4n) is 3.01. The van der Waals surface area contributed by atoms with Crippen molar-refractivity contribution in [3.8, 4) is 11.8 Å². The van der Waals surface area contributed by atoms with Crippen molar-refractivity contribution in [2.45, 2.75) is 39.2 Å². The van der Waals surface area contributed by atoms with Crippen LogP contribution in [-0.2, 0) is 11.2 Å². The largest absolute Gasteiger partial charge is 0.486 e. The molecule has 2 aliphatic heterocycles. The van der Waals surface area contributed by atoms with Crippen molar-refractivity contribution in [1.82, 2.24) is 9.97 Å². The van der Waals surface area contributed by atoms with Gasteiger partial charge in [0, 0.05) is 13.0 Å². The summed E-state index contributed by atoms with van der Waals surface area (Å²) in [5.74, 6) is 2.51. The average molecular weight is 302 g/mol. The number of hydrogen-bond donors (Lipinski definition) is 0. The number of aromatic nitrogens is 2. The van der Waals surface area contributed by atoms with Gasteiger partial charge in [0.1, 0.15) is 12.4 Å². The fraction of sp³-hybridized carbons (Fsp3) is 0.688. The Hall–Kier alpha value is -1.87. The van der Waals surface area contributed by atoms with Gasteiger partial charge < -0.3 is 14.4 Å². The molecule has 3 rings (SSSR count). The van der Waals surface area contributed by atoms with Crippen LogP contribution in [0.15, 0.2) is 0 Å². The minimum atomic E-state index is -0.196. The van der Waals surface area contributed by atoms with Gasteiger partial charge in [0.05, 0.1) is 36.9 Å². The third kappa shape index (κ3) is 2.50. The van der Waals surface area contributed by atoms with Crippen LogP contribution in [0.2, 0.25) is 0 Å². The number of nitrogens with zero attached hydrogens (tertiary/aromatic N) is 4.